The predicted molar refractivity (Wildman–Crippen MR) is 92.2 cm³/mol. The summed E-state index contributed by atoms with van der Waals surface area (Å²) in [5, 5.41) is 3.51. The Morgan fingerprint density at radius 1 is 1.33 bits per heavy atom. The quantitative estimate of drug-likeness (QED) is 0.921. The number of nitrogens with zero attached hydrogens (tertiary/aromatic N) is 1. The molecule has 0 saturated carbocycles. The Labute approximate surface area is 145 Å². The fourth-order valence-electron chi connectivity index (χ4n) is 2.85. The number of likely N-dealkylation sites (tertiary alicyclic amines) is 1. The largest absolute Gasteiger partial charge is 0.459 e. The van der Waals surface area contributed by atoms with Crippen LogP contribution < -0.4 is 5.32 Å². The molecule has 1 aliphatic heterocycles. The lowest BCUT2D eigenvalue weighted by Gasteiger charge is -2.31. The minimum Gasteiger partial charge on any atom is -0.459 e. The van der Waals surface area contributed by atoms with Crippen molar-refractivity contribution in [1.29, 1.82) is 0 Å². The van der Waals surface area contributed by atoms with E-state index in [9.17, 15) is 9.59 Å². The van der Waals surface area contributed by atoms with Gasteiger partial charge in [-0.1, -0.05) is 17.7 Å². The highest BCUT2D eigenvalue weighted by Crippen LogP contribution is 2.23. The fraction of sp³-hybridized carbons (Fsp3) is 0.333. The molecule has 2 amide bonds. The summed E-state index contributed by atoms with van der Waals surface area (Å²) in [6, 6.07) is 8.76. The number of halogens is 1. The number of benzene rings is 1. The topological polar surface area (TPSA) is 62.6 Å². The summed E-state index contributed by atoms with van der Waals surface area (Å²) in [5.74, 6) is -0.193. The van der Waals surface area contributed by atoms with Gasteiger partial charge in [0.15, 0.2) is 5.76 Å². The first-order valence-corrected chi connectivity index (χ1v) is 8.32. The Morgan fingerprint density at radius 3 is 2.88 bits per heavy atom. The molecular weight excluding hydrogens is 328 g/mol. The highest BCUT2D eigenvalue weighted by atomic mass is 35.5. The number of hydrogen-bond donors (Lipinski definition) is 1. The van der Waals surface area contributed by atoms with Crippen LogP contribution in [-0.2, 0) is 4.79 Å². The molecule has 5 nitrogen and oxygen atoms in total. The number of anilines is 1. The molecule has 3 rings (SSSR count). The molecule has 0 radical (unpaired) electrons. The van der Waals surface area contributed by atoms with Gasteiger partial charge in [-0.15, -0.1) is 0 Å². The van der Waals surface area contributed by atoms with Crippen LogP contribution in [-0.4, -0.2) is 29.8 Å². The van der Waals surface area contributed by atoms with Crippen LogP contribution >= 0.6 is 11.6 Å². The van der Waals surface area contributed by atoms with Crippen LogP contribution in [0.5, 0.6) is 0 Å². The molecular formula is C18H19ClN2O3. The van der Waals surface area contributed by atoms with Crippen LogP contribution in [0.2, 0.25) is 5.02 Å². The lowest BCUT2D eigenvalue weighted by molar-refractivity contribution is -0.121. The number of rotatable bonds is 3. The predicted octanol–water partition coefficient (Wildman–Crippen LogP) is 3.73. The van der Waals surface area contributed by atoms with Crippen molar-refractivity contribution in [1.82, 2.24) is 4.90 Å². The van der Waals surface area contributed by atoms with Gasteiger partial charge in [-0.2, -0.15) is 0 Å². The molecule has 1 aliphatic rings. The Balaban J connectivity index is 1.64. The minimum absolute atomic E-state index is 0.0909. The Bertz CT molecular complexity index is 743. The van der Waals surface area contributed by atoms with Crippen LogP contribution in [0.15, 0.2) is 41.0 Å². The van der Waals surface area contributed by atoms with Crippen molar-refractivity contribution in [2.45, 2.75) is 19.8 Å². The smallest absolute Gasteiger partial charge is 0.289 e. The first kappa shape index (κ1) is 16.6. The Kier molecular flexibility index (Phi) is 4.90. The number of amides is 2. The van der Waals surface area contributed by atoms with Gasteiger partial charge >= 0.3 is 0 Å². The summed E-state index contributed by atoms with van der Waals surface area (Å²) < 4.78 is 5.16. The van der Waals surface area contributed by atoms with Crippen LogP contribution in [0.25, 0.3) is 0 Å². The molecule has 126 valence electrons. The zero-order valence-corrected chi connectivity index (χ0v) is 14.2. The summed E-state index contributed by atoms with van der Waals surface area (Å²) in [5.41, 5.74) is 1.63. The Hall–Kier alpha value is -2.27. The number of carbonyl (C=O) groups excluding carboxylic acids is 2. The normalized spacial score (nSPS) is 17.6. The number of hydrogen-bond acceptors (Lipinski definition) is 3. The van der Waals surface area contributed by atoms with Crippen LogP contribution in [0.4, 0.5) is 5.69 Å². The van der Waals surface area contributed by atoms with Gasteiger partial charge in [0.05, 0.1) is 12.2 Å². The zero-order valence-electron chi connectivity index (χ0n) is 13.4. The maximum atomic E-state index is 12.5. The summed E-state index contributed by atoms with van der Waals surface area (Å²) in [4.78, 5) is 26.5. The van der Waals surface area contributed by atoms with Gasteiger partial charge in [-0.05, 0) is 49.6 Å². The third-order valence-electron chi connectivity index (χ3n) is 4.25. The van der Waals surface area contributed by atoms with E-state index < -0.39 is 0 Å². The first-order valence-electron chi connectivity index (χ1n) is 7.94. The minimum atomic E-state index is -0.238. The van der Waals surface area contributed by atoms with Crippen molar-refractivity contribution >= 4 is 29.1 Å². The summed E-state index contributed by atoms with van der Waals surface area (Å²) in [6.45, 7) is 2.94. The number of nitrogens with one attached hydrogen (secondary N) is 1. The molecule has 0 spiro atoms. The molecule has 1 aromatic carbocycles. The van der Waals surface area contributed by atoms with Gasteiger partial charge in [0.1, 0.15) is 0 Å². The third-order valence-corrected chi connectivity index (χ3v) is 4.66. The average Bonchev–Trinajstić information content (AvgIpc) is 3.12. The molecule has 24 heavy (non-hydrogen) atoms. The molecule has 2 heterocycles. The third kappa shape index (κ3) is 3.62. The first-order chi connectivity index (χ1) is 11.5. The van der Waals surface area contributed by atoms with Gasteiger partial charge < -0.3 is 14.6 Å². The van der Waals surface area contributed by atoms with E-state index in [2.05, 4.69) is 5.32 Å². The lowest BCUT2D eigenvalue weighted by Crippen LogP contribution is -2.43. The van der Waals surface area contributed by atoms with Crippen molar-refractivity contribution in [3.63, 3.8) is 0 Å². The van der Waals surface area contributed by atoms with Crippen molar-refractivity contribution in [3.05, 3.63) is 52.9 Å². The number of piperidine rings is 1. The van der Waals surface area contributed by atoms with Crippen molar-refractivity contribution in [2.75, 3.05) is 18.4 Å². The Morgan fingerprint density at radius 2 is 2.17 bits per heavy atom. The SMILES string of the molecule is Cc1ccc(NC(=O)C2CCCN(C(=O)c3ccco3)C2)cc1Cl. The second kappa shape index (κ2) is 7.09. The lowest BCUT2D eigenvalue weighted by atomic mass is 9.96. The van der Waals surface area contributed by atoms with Gasteiger partial charge in [-0.25, -0.2) is 0 Å². The van der Waals surface area contributed by atoms with E-state index in [4.69, 9.17) is 16.0 Å². The van der Waals surface area contributed by atoms with Crippen LogP contribution in [0.1, 0.15) is 29.0 Å². The van der Waals surface area contributed by atoms with E-state index in [1.807, 2.05) is 19.1 Å². The molecule has 2 aromatic rings. The van der Waals surface area contributed by atoms with E-state index in [0.717, 1.165) is 18.4 Å². The maximum absolute atomic E-state index is 12.5. The van der Waals surface area contributed by atoms with Gasteiger partial charge in [0.25, 0.3) is 5.91 Å². The highest BCUT2D eigenvalue weighted by molar-refractivity contribution is 6.31. The molecule has 6 heteroatoms. The zero-order chi connectivity index (χ0) is 17.1. The summed E-state index contributed by atoms with van der Waals surface area (Å²) in [6.07, 6.45) is 3.02. The molecule has 1 N–H and O–H groups in total. The molecule has 0 bridgehead atoms. The second-order valence-corrected chi connectivity index (χ2v) is 6.43. The van der Waals surface area contributed by atoms with Crippen molar-refractivity contribution < 1.29 is 14.0 Å². The molecule has 1 atom stereocenters. The molecule has 1 fully saturated rings. The molecule has 1 aromatic heterocycles. The summed E-state index contributed by atoms with van der Waals surface area (Å²) in [7, 11) is 0. The highest BCUT2D eigenvalue weighted by Gasteiger charge is 2.29. The maximum Gasteiger partial charge on any atom is 0.289 e. The molecule has 0 aliphatic carbocycles. The standard InChI is InChI=1S/C18H19ClN2O3/c1-12-6-7-14(10-15(12)19)20-17(22)13-4-2-8-21(11-13)18(23)16-5-3-9-24-16/h3,5-7,9-10,13H,2,4,8,11H2,1H3,(H,20,22). The van der Waals surface area contributed by atoms with Gasteiger partial charge in [0.2, 0.25) is 5.91 Å². The van der Waals surface area contributed by atoms with E-state index in [0.29, 0.717) is 29.6 Å². The average molecular weight is 347 g/mol. The monoisotopic (exact) mass is 346 g/mol. The van der Waals surface area contributed by atoms with E-state index in [-0.39, 0.29) is 17.7 Å². The van der Waals surface area contributed by atoms with Crippen LogP contribution in [0, 0.1) is 12.8 Å². The van der Waals surface area contributed by atoms with Crippen molar-refractivity contribution in [3.8, 4) is 0 Å². The van der Waals surface area contributed by atoms with Crippen LogP contribution in [0.3, 0.4) is 0 Å². The molecule has 1 unspecified atom stereocenters. The fourth-order valence-corrected chi connectivity index (χ4v) is 3.03. The van der Waals surface area contributed by atoms with E-state index in [1.54, 1.807) is 23.1 Å². The summed E-state index contributed by atoms with van der Waals surface area (Å²) >= 11 is 6.09. The van der Waals surface area contributed by atoms with E-state index >= 15 is 0 Å². The van der Waals surface area contributed by atoms with Gasteiger partial charge in [0, 0.05) is 23.8 Å². The van der Waals surface area contributed by atoms with Crippen molar-refractivity contribution in [2.24, 2.45) is 5.92 Å². The number of carbonyl (C=O) groups is 2. The number of furan rings is 1. The second-order valence-electron chi connectivity index (χ2n) is 6.02. The number of aryl methyl sites for hydroxylation is 1. The van der Waals surface area contributed by atoms with E-state index in [1.165, 1.54) is 6.26 Å². The van der Waals surface area contributed by atoms with Gasteiger partial charge in [-0.3, -0.25) is 9.59 Å². The molecule has 1 saturated heterocycles.